The first-order valence-electron chi connectivity index (χ1n) is 3.42. The van der Waals surface area contributed by atoms with E-state index in [9.17, 15) is 0 Å². The molecule has 0 aliphatic carbocycles. The molecule has 1 rings (SSSR count). The molecule has 1 heterocycles. The quantitative estimate of drug-likeness (QED) is 0.318. The van der Waals surface area contributed by atoms with Crippen molar-refractivity contribution in [2.24, 2.45) is 7.05 Å². The Morgan fingerprint density at radius 3 is 2.67 bits per heavy atom. The van der Waals surface area contributed by atoms with Gasteiger partial charge in [-0.15, -0.1) is 0 Å². The molecule has 0 saturated heterocycles. The van der Waals surface area contributed by atoms with Gasteiger partial charge in [0.25, 0.3) is 0 Å². The summed E-state index contributed by atoms with van der Waals surface area (Å²) in [6, 6.07) is 0. The van der Waals surface area contributed by atoms with Gasteiger partial charge in [-0.05, 0) is 0 Å². The first-order chi connectivity index (χ1) is 5.74. The average Bonchev–Trinajstić information content (AvgIpc) is 2.38. The lowest BCUT2D eigenvalue weighted by atomic mass is 10.6. The number of carbonyl (C=O) groups excluding carboxylic acids is 1. The van der Waals surface area contributed by atoms with Gasteiger partial charge in [-0.25, -0.2) is 9.13 Å². The van der Waals surface area contributed by atoms with E-state index >= 15 is 0 Å². The van der Waals surface area contributed by atoms with E-state index in [1.165, 1.54) is 0 Å². The van der Waals surface area contributed by atoms with Crippen LogP contribution in [0.2, 0.25) is 0 Å². The van der Waals surface area contributed by atoms with Gasteiger partial charge in [0.05, 0.1) is 7.05 Å². The van der Waals surface area contributed by atoms with Crippen LogP contribution in [0.25, 0.3) is 0 Å². The Hall–Kier alpha value is -1.58. The first-order valence-corrected chi connectivity index (χ1v) is 3.42. The molecular weight excluding hydrogens is 156 g/mol. The Balaban J connectivity index is 0.000000354. The third kappa shape index (κ3) is 4.27. The highest BCUT2D eigenvalue weighted by Crippen LogP contribution is 1.76. The summed E-state index contributed by atoms with van der Waals surface area (Å²) in [6.45, 7) is 4.02. The van der Waals surface area contributed by atoms with Crippen molar-refractivity contribution in [3.8, 4) is 0 Å². The second-order valence-corrected chi connectivity index (χ2v) is 2.16. The van der Waals surface area contributed by atoms with E-state index < -0.39 is 6.47 Å². The summed E-state index contributed by atoms with van der Waals surface area (Å²) in [5.74, 6) is 0. The fourth-order valence-electron chi connectivity index (χ4n) is 0.759. The Bertz CT molecular complexity index is 243. The van der Waals surface area contributed by atoms with E-state index in [-0.39, 0.29) is 0 Å². The molecular formula is C8H12N2O2. The molecule has 0 aliphatic heterocycles. The minimum atomic E-state index is -0.500. The third-order valence-electron chi connectivity index (χ3n) is 1.16. The van der Waals surface area contributed by atoms with E-state index in [2.05, 4.69) is 11.1 Å². The zero-order chi connectivity index (χ0) is 9.40. The fourth-order valence-corrected chi connectivity index (χ4v) is 0.759. The summed E-state index contributed by atoms with van der Waals surface area (Å²) < 4.78 is 4.07. The Morgan fingerprint density at radius 2 is 2.33 bits per heavy atom. The number of hydrogen-bond donors (Lipinski definition) is 0. The lowest BCUT2D eigenvalue weighted by Gasteiger charge is -1.83. The Morgan fingerprint density at radius 1 is 1.75 bits per heavy atom. The predicted molar refractivity (Wildman–Crippen MR) is 41.9 cm³/mol. The van der Waals surface area contributed by atoms with Crippen LogP contribution in [0.5, 0.6) is 0 Å². The molecule has 0 atom stereocenters. The Kier molecular flexibility index (Phi) is 5.34. The van der Waals surface area contributed by atoms with Crippen LogP contribution in [0.15, 0.2) is 31.4 Å². The van der Waals surface area contributed by atoms with Crippen LogP contribution in [0.3, 0.4) is 0 Å². The summed E-state index contributed by atoms with van der Waals surface area (Å²) in [5, 5.41) is 8.25. The molecule has 0 aliphatic rings. The van der Waals surface area contributed by atoms with Crippen LogP contribution in [-0.4, -0.2) is 11.0 Å². The smallest absolute Gasteiger partial charge is 0.243 e. The molecule has 0 radical (unpaired) electrons. The maximum absolute atomic E-state index is 8.25. The van der Waals surface area contributed by atoms with Crippen LogP contribution in [0.1, 0.15) is 0 Å². The number of rotatable bonds is 2. The SMILES string of the molecule is C=CC[n+]1ccn(C)c1.O=C[O-]. The second-order valence-electron chi connectivity index (χ2n) is 2.16. The van der Waals surface area contributed by atoms with E-state index in [1.54, 1.807) is 0 Å². The van der Waals surface area contributed by atoms with Crippen molar-refractivity contribution in [2.75, 3.05) is 0 Å². The summed E-state index contributed by atoms with van der Waals surface area (Å²) in [6.07, 6.45) is 7.91. The normalized spacial score (nSPS) is 8.08. The largest absolute Gasteiger partial charge is 0.554 e. The van der Waals surface area contributed by atoms with Crippen molar-refractivity contribution in [1.82, 2.24) is 4.57 Å². The van der Waals surface area contributed by atoms with Crippen molar-refractivity contribution < 1.29 is 14.5 Å². The van der Waals surface area contributed by atoms with Crippen LogP contribution < -0.4 is 9.67 Å². The van der Waals surface area contributed by atoms with Crippen molar-refractivity contribution >= 4 is 6.47 Å². The van der Waals surface area contributed by atoms with E-state index in [1.807, 2.05) is 36.4 Å². The highest BCUT2D eigenvalue weighted by Gasteiger charge is 1.93. The highest BCUT2D eigenvalue weighted by atomic mass is 16.3. The predicted octanol–water partition coefficient (Wildman–Crippen LogP) is -1.14. The lowest BCUT2D eigenvalue weighted by molar-refractivity contribution is -0.686. The molecule has 0 fully saturated rings. The van der Waals surface area contributed by atoms with Gasteiger partial charge in [-0.2, -0.15) is 0 Å². The molecule has 0 spiro atoms. The number of aryl methyl sites for hydroxylation is 1. The zero-order valence-electron chi connectivity index (χ0n) is 7.01. The van der Waals surface area contributed by atoms with Gasteiger partial charge in [0, 0.05) is 6.47 Å². The molecule has 66 valence electrons. The van der Waals surface area contributed by atoms with E-state index in [0.717, 1.165) is 6.54 Å². The molecule has 0 unspecified atom stereocenters. The van der Waals surface area contributed by atoms with Crippen molar-refractivity contribution in [3.05, 3.63) is 31.4 Å². The van der Waals surface area contributed by atoms with Gasteiger partial charge in [-0.3, -0.25) is 0 Å². The number of hydrogen-bond acceptors (Lipinski definition) is 2. The highest BCUT2D eigenvalue weighted by molar-refractivity contribution is 5.29. The van der Waals surface area contributed by atoms with E-state index in [4.69, 9.17) is 9.90 Å². The molecule has 1 aromatic heterocycles. The number of imidazole rings is 1. The van der Waals surface area contributed by atoms with Crippen LogP contribution in [0, 0.1) is 0 Å². The number of carboxylic acid groups (broad SMARTS) is 1. The van der Waals surface area contributed by atoms with Crippen molar-refractivity contribution in [2.45, 2.75) is 6.54 Å². The van der Waals surface area contributed by atoms with Gasteiger partial charge < -0.3 is 9.90 Å². The lowest BCUT2D eigenvalue weighted by Crippen LogP contribution is -2.29. The first kappa shape index (κ1) is 10.4. The number of carbonyl (C=O) groups is 1. The minimum absolute atomic E-state index is 0.500. The van der Waals surface area contributed by atoms with Crippen LogP contribution in [0.4, 0.5) is 0 Å². The van der Waals surface area contributed by atoms with Crippen molar-refractivity contribution in [1.29, 1.82) is 0 Å². The Labute approximate surface area is 71.4 Å². The topological polar surface area (TPSA) is 48.9 Å². The standard InChI is InChI=1S/C7H11N2.CH2O2/c1-3-4-9-6-5-8(2)7-9;2-1-3/h3,5-7H,1,4H2,2H3;1H,(H,2,3)/q+1;/p-1. The number of allylic oxidation sites excluding steroid dienone is 1. The monoisotopic (exact) mass is 168 g/mol. The molecule has 4 nitrogen and oxygen atoms in total. The summed E-state index contributed by atoms with van der Waals surface area (Å²) in [4.78, 5) is 8.25. The van der Waals surface area contributed by atoms with Gasteiger partial charge in [-0.1, -0.05) is 12.7 Å². The molecule has 4 heteroatoms. The molecule has 0 bridgehead atoms. The third-order valence-corrected chi connectivity index (χ3v) is 1.16. The van der Waals surface area contributed by atoms with Crippen LogP contribution in [-0.2, 0) is 18.4 Å². The second kappa shape index (κ2) is 6.15. The van der Waals surface area contributed by atoms with Gasteiger partial charge in [0.1, 0.15) is 18.9 Å². The maximum atomic E-state index is 8.25. The number of aromatic nitrogens is 2. The van der Waals surface area contributed by atoms with Crippen LogP contribution >= 0.6 is 0 Å². The summed E-state index contributed by atoms with van der Waals surface area (Å²) >= 11 is 0. The molecule has 1 aromatic rings. The molecule has 0 amide bonds. The molecule has 0 saturated carbocycles. The molecule has 0 aromatic carbocycles. The maximum Gasteiger partial charge on any atom is 0.243 e. The van der Waals surface area contributed by atoms with Gasteiger partial charge >= 0.3 is 0 Å². The summed E-state index contributed by atoms with van der Waals surface area (Å²) in [7, 11) is 2.00. The summed E-state index contributed by atoms with van der Waals surface area (Å²) in [5.41, 5.74) is 0. The van der Waals surface area contributed by atoms with Gasteiger partial charge in [0.2, 0.25) is 6.33 Å². The van der Waals surface area contributed by atoms with Gasteiger partial charge in [0.15, 0.2) is 0 Å². The zero-order valence-corrected chi connectivity index (χ0v) is 7.01. The fraction of sp³-hybridized carbons (Fsp3) is 0.250. The molecule has 12 heavy (non-hydrogen) atoms. The average molecular weight is 168 g/mol. The molecule has 0 N–H and O–H groups in total. The van der Waals surface area contributed by atoms with Crippen molar-refractivity contribution in [3.63, 3.8) is 0 Å². The number of nitrogens with zero attached hydrogens (tertiary/aromatic N) is 2. The minimum Gasteiger partial charge on any atom is -0.554 e. The van der Waals surface area contributed by atoms with E-state index in [0.29, 0.717) is 0 Å².